The van der Waals surface area contributed by atoms with Gasteiger partial charge in [-0.3, -0.25) is 9.78 Å². The molecule has 0 aromatic carbocycles. The van der Waals surface area contributed by atoms with Crippen molar-refractivity contribution in [3.05, 3.63) is 54.0 Å². The Morgan fingerprint density at radius 3 is 2.89 bits per heavy atom. The molecule has 4 rings (SSSR count). The van der Waals surface area contributed by atoms with Gasteiger partial charge in [-0.1, -0.05) is 6.07 Å². The highest BCUT2D eigenvalue weighted by molar-refractivity contribution is 5.97. The van der Waals surface area contributed by atoms with Crippen molar-refractivity contribution in [2.45, 2.75) is 31.2 Å². The minimum absolute atomic E-state index is 0.0781. The molecule has 2 aromatic rings. The van der Waals surface area contributed by atoms with Gasteiger partial charge in [-0.25, -0.2) is 4.98 Å². The Morgan fingerprint density at radius 1 is 1.26 bits per heavy atom. The molecule has 0 bridgehead atoms. The van der Waals surface area contributed by atoms with Crippen molar-refractivity contribution in [2.75, 3.05) is 26.8 Å². The zero-order chi connectivity index (χ0) is 18.7. The highest BCUT2D eigenvalue weighted by Gasteiger charge is 2.50. The number of carbonyl (C=O) groups is 1. The fourth-order valence-electron chi connectivity index (χ4n) is 3.71. The molecule has 7 heteroatoms. The number of hydrogen-bond acceptors (Lipinski definition) is 6. The molecule has 0 radical (unpaired) electrons. The number of hydrogen-bond donors (Lipinski definition) is 0. The largest absolute Gasteiger partial charge is 0.480 e. The molecule has 142 valence electrons. The highest BCUT2D eigenvalue weighted by atomic mass is 16.5. The quantitative estimate of drug-likeness (QED) is 0.803. The molecule has 2 saturated heterocycles. The van der Waals surface area contributed by atoms with Gasteiger partial charge in [0.2, 0.25) is 5.88 Å². The monoisotopic (exact) mass is 369 g/mol. The van der Waals surface area contributed by atoms with Crippen LogP contribution in [-0.4, -0.2) is 59.3 Å². The Labute approximate surface area is 158 Å². The maximum Gasteiger partial charge on any atom is 0.259 e. The summed E-state index contributed by atoms with van der Waals surface area (Å²) in [4.78, 5) is 22.9. The van der Waals surface area contributed by atoms with Gasteiger partial charge in [-0.05, 0) is 30.7 Å². The van der Waals surface area contributed by atoms with E-state index in [1.165, 1.54) is 7.11 Å². The first-order valence-corrected chi connectivity index (χ1v) is 9.13. The van der Waals surface area contributed by atoms with E-state index in [1.54, 1.807) is 29.4 Å². The van der Waals surface area contributed by atoms with Crippen molar-refractivity contribution in [1.29, 1.82) is 0 Å². The van der Waals surface area contributed by atoms with Gasteiger partial charge in [0.1, 0.15) is 11.2 Å². The molecule has 0 N–H and O–H groups in total. The third kappa shape index (κ3) is 3.79. The van der Waals surface area contributed by atoms with Crippen LogP contribution in [0.5, 0.6) is 5.88 Å². The van der Waals surface area contributed by atoms with E-state index in [0.29, 0.717) is 37.7 Å². The molecule has 1 spiro atoms. The Balaban J connectivity index is 1.33. The summed E-state index contributed by atoms with van der Waals surface area (Å²) >= 11 is 0. The van der Waals surface area contributed by atoms with Crippen molar-refractivity contribution in [3.63, 3.8) is 0 Å². The average Bonchev–Trinajstić information content (AvgIpc) is 2.71. The Bertz CT molecular complexity index is 793. The fraction of sp³-hybridized carbons (Fsp3) is 0.450. The molecule has 1 amide bonds. The van der Waals surface area contributed by atoms with E-state index >= 15 is 0 Å². The average molecular weight is 369 g/mol. The van der Waals surface area contributed by atoms with E-state index in [9.17, 15) is 4.79 Å². The standard InChI is InChI=1S/C20H23N3O4/c1-25-18-17(6-4-9-22-18)19(24)23-13-20(14-23)11-16(7-10-27-20)26-12-15-5-2-3-8-21-15/h2-6,8-9,16H,7,10-14H2,1H3/t16-/m1/s1. The third-order valence-electron chi connectivity index (χ3n) is 5.08. The van der Waals surface area contributed by atoms with Gasteiger partial charge in [0.05, 0.1) is 38.6 Å². The summed E-state index contributed by atoms with van der Waals surface area (Å²) in [5.41, 5.74) is 1.10. The molecule has 27 heavy (non-hydrogen) atoms. The summed E-state index contributed by atoms with van der Waals surface area (Å²) in [6.07, 6.45) is 5.14. The summed E-state index contributed by atoms with van der Waals surface area (Å²) in [5, 5.41) is 0. The molecule has 2 aliphatic heterocycles. The Kier molecular flexibility index (Phi) is 5.05. The second-order valence-corrected chi connectivity index (χ2v) is 7.00. The minimum Gasteiger partial charge on any atom is -0.480 e. The van der Waals surface area contributed by atoms with Gasteiger partial charge in [0, 0.05) is 25.4 Å². The van der Waals surface area contributed by atoms with Gasteiger partial charge in [0.15, 0.2) is 0 Å². The lowest BCUT2D eigenvalue weighted by atomic mass is 9.84. The number of carbonyl (C=O) groups excluding carboxylic acids is 1. The van der Waals surface area contributed by atoms with Crippen LogP contribution in [0, 0.1) is 0 Å². The predicted octanol–water partition coefficient (Wildman–Crippen LogP) is 2.08. The van der Waals surface area contributed by atoms with Crippen LogP contribution in [0.25, 0.3) is 0 Å². The number of likely N-dealkylation sites (tertiary alicyclic amines) is 1. The first-order valence-electron chi connectivity index (χ1n) is 9.13. The molecule has 2 fully saturated rings. The molecule has 2 aliphatic rings. The lowest BCUT2D eigenvalue weighted by molar-refractivity contribution is -0.188. The number of amides is 1. The topological polar surface area (TPSA) is 73.8 Å². The van der Waals surface area contributed by atoms with E-state index in [1.807, 2.05) is 18.2 Å². The van der Waals surface area contributed by atoms with Gasteiger partial charge >= 0.3 is 0 Å². The van der Waals surface area contributed by atoms with Gasteiger partial charge < -0.3 is 19.1 Å². The lowest BCUT2D eigenvalue weighted by Gasteiger charge is -2.53. The number of aromatic nitrogens is 2. The van der Waals surface area contributed by atoms with Gasteiger partial charge in [-0.15, -0.1) is 0 Å². The van der Waals surface area contributed by atoms with Crippen LogP contribution < -0.4 is 4.74 Å². The third-order valence-corrected chi connectivity index (χ3v) is 5.08. The summed E-state index contributed by atoms with van der Waals surface area (Å²) in [5.74, 6) is 0.273. The number of rotatable bonds is 5. The second-order valence-electron chi connectivity index (χ2n) is 7.00. The maximum atomic E-state index is 12.7. The number of nitrogens with zero attached hydrogens (tertiary/aromatic N) is 3. The first kappa shape index (κ1) is 17.9. The van der Waals surface area contributed by atoms with Crippen LogP contribution in [0.15, 0.2) is 42.7 Å². The summed E-state index contributed by atoms with van der Waals surface area (Å²) in [7, 11) is 1.52. The molecule has 1 atom stereocenters. The number of methoxy groups -OCH3 is 1. The van der Waals surface area contributed by atoms with Crippen molar-refractivity contribution in [2.24, 2.45) is 0 Å². The Hall–Kier alpha value is -2.51. The molecule has 0 saturated carbocycles. The summed E-state index contributed by atoms with van der Waals surface area (Å²) < 4.78 is 17.3. The maximum absolute atomic E-state index is 12.7. The van der Waals surface area contributed by atoms with E-state index in [0.717, 1.165) is 18.5 Å². The molecule has 2 aromatic heterocycles. The fourth-order valence-corrected chi connectivity index (χ4v) is 3.71. The molecular formula is C20H23N3O4. The van der Waals surface area contributed by atoms with Crippen LogP contribution >= 0.6 is 0 Å². The zero-order valence-electron chi connectivity index (χ0n) is 15.3. The SMILES string of the molecule is COc1ncccc1C(=O)N1CC2(C[C@H](OCc3ccccn3)CCO2)C1. The normalized spacial score (nSPS) is 20.9. The molecular weight excluding hydrogens is 346 g/mol. The van der Waals surface area contributed by atoms with Crippen LogP contribution in [0.2, 0.25) is 0 Å². The van der Waals surface area contributed by atoms with E-state index in [4.69, 9.17) is 14.2 Å². The predicted molar refractivity (Wildman–Crippen MR) is 97.4 cm³/mol. The van der Waals surface area contributed by atoms with Crippen molar-refractivity contribution >= 4 is 5.91 Å². The van der Waals surface area contributed by atoms with Crippen molar-refractivity contribution in [3.8, 4) is 5.88 Å². The summed E-state index contributed by atoms with van der Waals surface area (Å²) in [6, 6.07) is 9.28. The van der Waals surface area contributed by atoms with E-state index in [2.05, 4.69) is 9.97 Å². The highest BCUT2D eigenvalue weighted by Crippen LogP contribution is 2.36. The second kappa shape index (κ2) is 7.62. The van der Waals surface area contributed by atoms with Crippen LogP contribution in [0.1, 0.15) is 28.9 Å². The minimum atomic E-state index is -0.307. The Morgan fingerprint density at radius 2 is 2.11 bits per heavy atom. The van der Waals surface area contributed by atoms with Gasteiger partial charge in [0.25, 0.3) is 5.91 Å². The van der Waals surface area contributed by atoms with Crippen molar-refractivity contribution < 1.29 is 19.0 Å². The number of pyridine rings is 2. The first-order chi connectivity index (χ1) is 13.2. The summed E-state index contributed by atoms with van der Waals surface area (Å²) in [6.45, 7) is 2.27. The van der Waals surface area contributed by atoms with Crippen LogP contribution in [0.4, 0.5) is 0 Å². The molecule has 7 nitrogen and oxygen atoms in total. The molecule has 0 unspecified atom stereocenters. The number of ether oxygens (including phenoxy) is 3. The zero-order valence-corrected chi connectivity index (χ0v) is 15.3. The lowest BCUT2D eigenvalue weighted by Crippen LogP contribution is -2.67. The van der Waals surface area contributed by atoms with Crippen LogP contribution in [0.3, 0.4) is 0 Å². The molecule has 4 heterocycles. The van der Waals surface area contributed by atoms with E-state index < -0.39 is 0 Å². The van der Waals surface area contributed by atoms with Crippen molar-refractivity contribution in [1.82, 2.24) is 14.9 Å². The molecule has 0 aliphatic carbocycles. The smallest absolute Gasteiger partial charge is 0.259 e. The van der Waals surface area contributed by atoms with Gasteiger partial charge in [-0.2, -0.15) is 0 Å². The van der Waals surface area contributed by atoms with Crippen LogP contribution in [-0.2, 0) is 16.1 Å². The van der Waals surface area contributed by atoms with E-state index in [-0.39, 0.29) is 17.6 Å².